The normalized spacial score (nSPS) is 14.6. The Morgan fingerprint density at radius 1 is 1.24 bits per heavy atom. The number of amidine groups is 1. The average molecular weight is 390 g/mol. The number of nitrogens with zero attached hydrogens (tertiary/aromatic N) is 2. The first-order valence-electron chi connectivity index (χ1n) is 10.3. The summed E-state index contributed by atoms with van der Waals surface area (Å²) in [4.78, 5) is 4.48. The molecule has 152 valence electrons. The highest BCUT2D eigenvalue weighted by Crippen LogP contribution is 2.20. The van der Waals surface area contributed by atoms with Gasteiger partial charge in [0.25, 0.3) is 0 Å². The van der Waals surface area contributed by atoms with Gasteiger partial charge >= 0.3 is 0 Å². The summed E-state index contributed by atoms with van der Waals surface area (Å²) in [5.41, 5.74) is 5.16. The zero-order valence-corrected chi connectivity index (χ0v) is 17.4. The predicted molar refractivity (Wildman–Crippen MR) is 123 cm³/mol. The Balaban J connectivity index is 1.48. The maximum Gasteiger partial charge on any atom is 0.125 e. The van der Waals surface area contributed by atoms with Crippen molar-refractivity contribution in [2.75, 3.05) is 25.5 Å². The number of aromatic nitrogens is 2. The molecule has 3 N–H and O–H groups in total. The van der Waals surface area contributed by atoms with E-state index in [1.165, 1.54) is 22.3 Å². The van der Waals surface area contributed by atoms with Crippen molar-refractivity contribution in [3.63, 3.8) is 0 Å². The Bertz CT molecular complexity index is 887. The van der Waals surface area contributed by atoms with Crippen LogP contribution in [0.4, 0.5) is 5.82 Å². The fraction of sp³-hybridized carbons (Fsp3) is 0.333. The number of hydrogen-bond acceptors (Lipinski definition) is 3. The van der Waals surface area contributed by atoms with Crippen LogP contribution in [0.5, 0.6) is 0 Å². The number of aromatic amines is 1. The summed E-state index contributed by atoms with van der Waals surface area (Å²) < 4.78 is 0. The van der Waals surface area contributed by atoms with E-state index >= 15 is 0 Å². The van der Waals surface area contributed by atoms with Crippen molar-refractivity contribution in [3.05, 3.63) is 83.1 Å². The Labute approximate surface area is 173 Å². The topological polar surface area (TPSA) is 65.1 Å². The standard InChI is InChI=1S/C24H31N5/c1-3-21(16-19-10-6-4-7-11-19)23(25-2)26-14-15-27-24-22(18-28-29-24)17-20-12-8-5-9-13-20/h3-6,8-10,12-13,18H,7,11,14-17H2,1-2H3,(H,25,26)(H2,27,28,29)/b21-3-. The molecule has 5 heteroatoms. The van der Waals surface area contributed by atoms with Gasteiger partial charge in [0.1, 0.15) is 11.7 Å². The quantitative estimate of drug-likeness (QED) is 0.332. The number of benzene rings is 1. The monoisotopic (exact) mass is 389 g/mol. The highest BCUT2D eigenvalue weighted by molar-refractivity contribution is 5.98. The summed E-state index contributed by atoms with van der Waals surface area (Å²) >= 11 is 0. The molecule has 1 aromatic carbocycles. The summed E-state index contributed by atoms with van der Waals surface area (Å²) in [5, 5.41) is 14.2. The Morgan fingerprint density at radius 2 is 2.10 bits per heavy atom. The van der Waals surface area contributed by atoms with Crippen molar-refractivity contribution < 1.29 is 0 Å². The van der Waals surface area contributed by atoms with E-state index in [-0.39, 0.29) is 0 Å². The minimum atomic E-state index is 0.783. The summed E-state index contributed by atoms with van der Waals surface area (Å²) in [6.07, 6.45) is 14.7. The first-order valence-corrected chi connectivity index (χ1v) is 10.3. The third-order valence-electron chi connectivity index (χ3n) is 5.07. The van der Waals surface area contributed by atoms with Gasteiger partial charge in [-0.15, -0.1) is 0 Å². The lowest BCUT2D eigenvalue weighted by Gasteiger charge is -2.16. The molecule has 0 aliphatic heterocycles. The van der Waals surface area contributed by atoms with Gasteiger partial charge in [0.2, 0.25) is 0 Å². The lowest BCUT2D eigenvalue weighted by Crippen LogP contribution is -2.30. The molecule has 0 fully saturated rings. The van der Waals surface area contributed by atoms with Crippen LogP contribution in [0, 0.1) is 0 Å². The minimum Gasteiger partial charge on any atom is -0.368 e. The summed E-state index contributed by atoms with van der Waals surface area (Å²) in [6.45, 7) is 3.65. The molecule has 0 bridgehead atoms. The van der Waals surface area contributed by atoms with Crippen LogP contribution < -0.4 is 10.6 Å². The molecule has 1 aliphatic rings. The maximum atomic E-state index is 4.48. The van der Waals surface area contributed by atoms with Crippen LogP contribution in [0.25, 0.3) is 0 Å². The van der Waals surface area contributed by atoms with Crippen molar-refractivity contribution in [2.45, 2.75) is 32.6 Å². The van der Waals surface area contributed by atoms with Crippen LogP contribution in [0.1, 0.15) is 37.3 Å². The van der Waals surface area contributed by atoms with Gasteiger partial charge in [-0.05, 0) is 37.3 Å². The van der Waals surface area contributed by atoms with Crippen molar-refractivity contribution in [1.82, 2.24) is 15.5 Å². The van der Waals surface area contributed by atoms with E-state index < -0.39 is 0 Å². The molecular formula is C24H31N5. The van der Waals surface area contributed by atoms with E-state index in [9.17, 15) is 0 Å². The highest BCUT2D eigenvalue weighted by atomic mass is 15.2. The molecule has 1 aromatic heterocycles. The van der Waals surface area contributed by atoms with E-state index in [0.29, 0.717) is 0 Å². The molecule has 0 amide bonds. The van der Waals surface area contributed by atoms with Gasteiger partial charge in [0, 0.05) is 32.1 Å². The van der Waals surface area contributed by atoms with E-state index in [2.05, 4.69) is 81.3 Å². The molecule has 0 atom stereocenters. The highest BCUT2D eigenvalue weighted by Gasteiger charge is 2.10. The molecule has 1 aliphatic carbocycles. The number of nitrogens with one attached hydrogen (secondary N) is 3. The molecule has 0 unspecified atom stereocenters. The smallest absolute Gasteiger partial charge is 0.125 e. The van der Waals surface area contributed by atoms with Crippen LogP contribution >= 0.6 is 0 Å². The van der Waals surface area contributed by atoms with Gasteiger partial charge in [0.05, 0.1) is 6.20 Å². The van der Waals surface area contributed by atoms with Gasteiger partial charge in [0.15, 0.2) is 0 Å². The van der Waals surface area contributed by atoms with Crippen molar-refractivity contribution >= 4 is 11.7 Å². The third kappa shape index (κ3) is 6.21. The summed E-state index contributed by atoms with van der Waals surface area (Å²) in [7, 11) is 1.85. The molecule has 29 heavy (non-hydrogen) atoms. The lowest BCUT2D eigenvalue weighted by atomic mass is 9.97. The van der Waals surface area contributed by atoms with E-state index in [4.69, 9.17) is 0 Å². The van der Waals surface area contributed by atoms with Crippen LogP contribution in [-0.4, -0.2) is 36.2 Å². The van der Waals surface area contributed by atoms with Crippen LogP contribution in [0.2, 0.25) is 0 Å². The number of aliphatic imine (C=N–C) groups is 1. The van der Waals surface area contributed by atoms with Crippen LogP contribution in [0.3, 0.4) is 0 Å². The van der Waals surface area contributed by atoms with Gasteiger partial charge in [-0.3, -0.25) is 10.1 Å². The van der Waals surface area contributed by atoms with E-state index in [0.717, 1.165) is 50.4 Å². The van der Waals surface area contributed by atoms with Crippen molar-refractivity contribution in [1.29, 1.82) is 0 Å². The van der Waals surface area contributed by atoms with E-state index in [1.54, 1.807) is 0 Å². The molecule has 0 spiro atoms. The number of anilines is 1. The second-order valence-electron chi connectivity index (χ2n) is 7.14. The van der Waals surface area contributed by atoms with E-state index in [1.807, 2.05) is 19.3 Å². The molecule has 0 radical (unpaired) electrons. The lowest BCUT2D eigenvalue weighted by molar-refractivity contribution is 0.875. The fourth-order valence-corrected chi connectivity index (χ4v) is 3.49. The molecule has 3 rings (SSSR count). The Kier molecular flexibility index (Phi) is 7.87. The second-order valence-corrected chi connectivity index (χ2v) is 7.14. The van der Waals surface area contributed by atoms with Crippen molar-refractivity contribution in [2.24, 2.45) is 4.99 Å². The molecule has 0 saturated carbocycles. The molecule has 0 saturated heterocycles. The van der Waals surface area contributed by atoms with Crippen LogP contribution in [-0.2, 0) is 6.42 Å². The Morgan fingerprint density at radius 3 is 2.83 bits per heavy atom. The SMILES string of the molecule is C/C=C(/CC1=CC=CCC1)C(=NC)NCCNc1[nH]ncc1Cc1ccccc1. The third-order valence-corrected chi connectivity index (χ3v) is 5.07. The fourth-order valence-electron chi connectivity index (χ4n) is 3.49. The number of hydrogen-bond donors (Lipinski definition) is 3. The molecule has 5 nitrogen and oxygen atoms in total. The maximum absolute atomic E-state index is 4.48. The zero-order valence-electron chi connectivity index (χ0n) is 17.4. The number of allylic oxidation sites excluding steroid dienone is 5. The van der Waals surface area contributed by atoms with Gasteiger partial charge in [-0.25, -0.2) is 0 Å². The summed E-state index contributed by atoms with van der Waals surface area (Å²) in [5.74, 6) is 1.95. The first-order chi connectivity index (χ1) is 14.3. The second kappa shape index (κ2) is 11.1. The molecule has 1 heterocycles. The largest absolute Gasteiger partial charge is 0.368 e. The first kappa shape index (κ1) is 20.6. The minimum absolute atomic E-state index is 0.783. The Hall–Kier alpha value is -3.08. The number of rotatable bonds is 9. The van der Waals surface area contributed by atoms with Crippen LogP contribution in [0.15, 0.2) is 77.0 Å². The summed E-state index contributed by atoms with van der Waals surface area (Å²) in [6, 6.07) is 10.4. The zero-order chi connectivity index (χ0) is 20.3. The van der Waals surface area contributed by atoms with Gasteiger partial charge < -0.3 is 10.6 Å². The average Bonchev–Trinajstić information content (AvgIpc) is 3.21. The van der Waals surface area contributed by atoms with Crippen molar-refractivity contribution in [3.8, 4) is 0 Å². The predicted octanol–water partition coefficient (Wildman–Crippen LogP) is 4.64. The molecular weight excluding hydrogens is 358 g/mol. The van der Waals surface area contributed by atoms with Gasteiger partial charge in [-0.2, -0.15) is 5.10 Å². The number of H-pyrrole nitrogens is 1. The molecule has 2 aromatic rings. The van der Waals surface area contributed by atoms with Gasteiger partial charge in [-0.1, -0.05) is 60.2 Å².